The van der Waals surface area contributed by atoms with Crippen LogP contribution in [0.1, 0.15) is 45.6 Å². The zero-order valence-electron chi connectivity index (χ0n) is 20.7. The number of rotatable bonds is 4. The number of ether oxygens (including phenoxy) is 3. The van der Waals surface area contributed by atoms with Crippen LogP contribution < -0.4 is 15.1 Å². The second-order valence-electron chi connectivity index (χ2n) is 10.7. The van der Waals surface area contributed by atoms with Crippen LogP contribution in [0.4, 0.5) is 22.9 Å². The molecule has 0 spiro atoms. The predicted molar refractivity (Wildman–Crippen MR) is 134 cm³/mol. The minimum absolute atomic E-state index is 0.0110. The van der Waals surface area contributed by atoms with Crippen LogP contribution in [0.2, 0.25) is 0 Å². The number of carbonyl (C=O) groups is 1. The molecule has 2 aromatic rings. The molecular formula is C27H34N4O4. The molecule has 8 nitrogen and oxygen atoms in total. The Balaban J connectivity index is 1.31. The fourth-order valence-electron chi connectivity index (χ4n) is 5.89. The Kier molecular flexibility index (Phi) is 5.70. The first-order valence-corrected chi connectivity index (χ1v) is 12.7. The smallest absolute Gasteiger partial charge is 0.256 e. The number of aromatic nitrogens is 1. The quantitative estimate of drug-likeness (QED) is 0.712. The summed E-state index contributed by atoms with van der Waals surface area (Å²) in [6.07, 6.45) is 4.00. The highest BCUT2D eigenvalue weighted by molar-refractivity contribution is 6.01. The molecular weight excluding hydrogens is 444 g/mol. The molecule has 35 heavy (non-hydrogen) atoms. The van der Waals surface area contributed by atoms with Gasteiger partial charge in [-0.25, -0.2) is 4.98 Å². The van der Waals surface area contributed by atoms with Gasteiger partial charge in [0.15, 0.2) is 0 Å². The SMILES string of the molecule is CC(C)OC1CC[C@H](C(=O)N2Cc3cccnc3Nc3ccc(N4C[C@]5(C)C[C@H]4CO5)cc32)OC1. The maximum atomic E-state index is 13.9. The predicted octanol–water partition coefficient (Wildman–Crippen LogP) is 4.01. The van der Waals surface area contributed by atoms with E-state index in [0.29, 0.717) is 25.6 Å². The molecule has 1 aromatic carbocycles. The summed E-state index contributed by atoms with van der Waals surface area (Å²) in [7, 11) is 0. The molecule has 1 aromatic heterocycles. The van der Waals surface area contributed by atoms with Crippen molar-refractivity contribution in [3.05, 3.63) is 42.1 Å². The molecule has 4 atom stereocenters. The number of fused-ring (bicyclic) bond motifs is 4. The van der Waals surface area contributed by atoms with Crippen molar-refractivity contribution in [1.82, 2.24) is 4.98 Å². The van der Waals surface area contributed by atoms with Crippen LogP contribution in [-0.2, 0) is 25.5 Å². The average Bonchev–Trinajstić information content (AvgIpc) is 3.34. The van der Waals surface area contributed by atoms with E-state index in [1.165, 1.54) is 0 Å². The number of amides is 1. The number of carbonyl (C=O) groups excluding carboxylic acids is 1. The van der Waals surface area contributed by atoms with Crippen molar-refractivity contribution in [2.75, 3.05) is 34.9 Å². The summed E-state index contributed by atoms with van der Waals surface area (Å²) in [5.74, 6) is 0.774. The molecule has 4 aliphatic heterocycles. The summed E-state index contributed by atoms with van der Waals surface area (Å²) >= 11 is 0. The topological polar surface area (TPSA) is 76.2 Å². The number of hydrogen-bond donors (Lipinski definition) is 1. The number of pyridine rings is 1. The molecule has 1 amide bonds. The van der Waals surface area contributed by atoms with Crippen LogP contribution in [0.25, 0.3) is 0 Å². The van der Waals surface area contributed by atoms with E-state index in [4.69, 9.17) is 14.2 Å². The Bertz CT molecular complexity index is 1120. The highest BCUT2D eigenvalue weighted by Crippen LogP contribution is 2.43. The van der Waals surface area contributed by atoms with Crippen molar-refractivity contribution in [2.24, 2.45) is 0 Å². The third-order valence-electron chi connectivity index (χ3n) is 7.55. The number of anilines is 4. The van der Waals surface area contributed by atoms with Gasteiger partial charge in [0.2, 0.25) is 0 Å². The third-order valence-corrected chi connectivity index (χ3v) is 7.55. The number of nitrogens with one attached hydrogen (secondary N) is 1. The first-order valence-electron chi connectivity index (χ1n) is 12.7. The highest BCUT2D eigenvalue weighted by atomic mass is 16.5. The van der Waals surface area contributed by atoms with E-state index in [9.17, 15) is 4.79 Å². The summed E-state index contributed by atoms with van der Waals surface area (Å²) in [6.45, 7) is 8.75. The van der Waals surface area contributed by atoms with Crippen LogP contribution in [0.15, 0.2) is 36.5 Å². The fourth-order valence-corrected chi connectivity index (χ4v) is 5.89. The molecule has 2 bridgehead atoms. The Morgan fingerprint density at radius 1 is 1.26 bits per heavy atom. The molecule has 3 saturated heterocycles. The van der Waals surface area contributed by atoms with Crippen LogP contribution in [0, 0.1) is 0 Å². The Morgan fingerprint density at radius 3 is 2.86 bits per heavy atom. The third kappa shape index (κ3) is 4.28. The van der Waals surface area contributed by atoms with Crippen LogP contribution in [0.5, 0.6) is 0 Å². The van der Waals surface area contributed by atoms with Gasteiger partial charge in [-0.2, -0.15) is 0 Å². The van der Waals surface area contributed by atoms with E-state index >= 15 is 0 Å². The summed E-state index contributed by atoms with van der Waals surface area (Å²) < 4.78 is 17.9. The van der Waals surface area contributed by atoms with Gasteiger partial charge in [-0.3, -0.25) is 4.79 Å². The van der Waals surface area contributed by atoms with E-state index in [1.54, 1.807) is 6.20 Å². The van der Waals surface area contributed by atoms with Gasteiger partial charge in [0, 0.05) is 30.4 Å². The fraction of sp³-hybridized carbons (Fsp3) is 0.556. The van der Waals surface area contributed by atoms with E-state index in [1.807, 2.05) is 30.9 Å². The summed E-state index contributed by atoms with van der Waals surface area (Å²) in [6, 6.07) is 10.7. The molecule has 1 unspecified atom stereocenters. The van der Waals surface area contributed by atoms with Crippen LogP contribution in [0.3, 0.4) is 0 Å². The van der Waals surface area contributed by atoms with Gasteiger partial charge in [0.05, 0.1) is 55.0 Å². The highest BCUT2D eigenvalue weighted by Gasteiger charge is 2.48. The van der Waals surface area contributed by atoms with Crippen molar-refractivity contribution < 1.29 is 19.0 Å². The lowest BCUT2D eigenvalue weighted by molar-refractivity contribution is -0.143. The maximum absolute atomic E-state index is 13.9. The molecule has 0 radical (unpaired) electrons. The van der Waals surface area contributed by atoms with Gasteiger partial charge in [0.1, 0.15) is 11.9 Å². The van der Waals surface area contributed by atoms with Gasteiger partial charge in [-0.05, 0) is 57.9 Å². The largest absolute Gasteiger partial charge is 0.373 e. The molecule has 6 rings (SSSR count). The summed E-state index contributed by atoms with van der Waals surface area (Å²) in [5, 5.41) is 3.47. The maximum Gasteiger partial charge on any atom is 0.256 e. The van der Waals surface area contributed by atoms with Crippen molar-refractivity contribution in [3.8, 4) is 0 Å². The second kappa shape index (κ2) is 8.76. The monoisotopic (exact) mass is 478 g/mol. The second-order valence-corrected chi connectivity index (χ2v) is 10.7. The molecule has 0 saturated carbocycles. The first-order chi connectivity index (χ1) is 16.9. The molecule has 1 N–H and O–H groups in total. The van der Waals surface area contributed by atoms with E-state index in [0.717, 1.165) is 54.4 Å². The lowest BCUT2D eigenvalue weighted by Gasteiger charge is -2.35. The molecule has 3 fully saturated rings. The van der Waals surface area contributed by atoms with Crippen molar-refractivity contribution in [2.45, 2.75) is 76.5 Å². The zero-order chi connectivity index (χ0) is 24.2. The Hall–Kier alpha value is -2.68. The first kappa shape index (κ1) is 22.8. The van der Waals surface area contributed by atoms with Gasteiger partial charge >= 0.3 is 0 Å². The molecule has 5 heterocycles. The van der Waals surface area contributed by atoms with Gasteiger partial charge < -0.3 is 29.3 Å². The average molecular weight is 479 g/mol. The molecule has 8 heteroatoms. The Morgan fingerprint density at radius 2 is 2.14 bits per heavy atom. The van der Waals surface area contributed by atoms with Crippen molar-refractivity contribution in [1.29, 1.82) is 0 Å². The summed E-state index contributed by atoms with van der Waals surface area (Å²) in [4.78, 5) is 22.7. The number of nitrogens with zero attached hydrogens (tertiary/aromatic N) is 3. The van der Waals surface area contributed by atoms with E-state index in [-0.39, 0.29) is 23.7 Å². The minimum atomic E-state index is -0.480. The lowest BCUT2D eigenvalue weighted by atomic mass is 10.0. The van der Waals surface area contributed by atoms with E-state index in [2.05, 4.69) is 40.3 Å². The van der Waals surface area contributed by atoms with Gasteiger partial charge in [-0.1, -0.05) is 6.07 Å². The molecule has 186 valence electrons. The Labute approximate surface area is 206 Å². The van der Waals surface area contributed by atoms with Crippen LogP contribution in [-0.4, -0.2) is 60.6 Å². The van der Waals surface area contributed by atoms with Crippen LogP contribution >= 0.6 is 0 Å². The number of hydrogen-bond acceptors (Lipinski definition) is 7. The number of benzene rings is 1. The lowest BCUT2D eigenvalue weighted by Crippen LogP contribution is -2.45. The zero-order valence-corrected chi connectivity index (χ0v) is 20.7. The standard InChI is InChI=1S/C27H34N4O4/c1-17(2)35-21-7-9-24(33-15-21)26(32)30-13-18-5-4-10-28-25(18)29-22-8-6-19(11-23(22)30)31-16-27(3)12-20(31)14-34-27/h4-6,8,10-11,17,20-21,24H,7,9,12-16H2,1-3H3,(H,28,29)/t20-,21?,24+,27-/m0/s1. The van der Waals surface area contributed by atoms with Gasteiger partial charge in [-0.15, -0.1) is 0 Å². The summed E-state index contributed by atoms with van der Waals surface area (Å²) in [5.41, 5.74) is 3.76. The van der Waals surface area contributed by atoms with Gasteiger partial charge in [0.25, 0.3) is 5.91 Å². The minimum Gasteiger partial charge on any atom is -0.373 e. The van der Waals surface area contributed by atoms with E-state index < -0.39 is 6.10 Å². The molecule has 4 aliphatic rings. The van der Waals surface area contributed by atoms with Crippen molar-refractivity contribution in [3.63, 3.8) is 0 Å². The van der Waals surface area contributed by atoms with Crippen molar-refractivity contribution >= 4 is 28.8 Å². The number of morpholine rings is 1. The molecule has 0 aliphatic carbocycles. The normalized spacial score (nSPS) is 29.5.